The lowest BCUT2D eigenvalue weighted by Gasteiger charge is -2.25. The molecule has 12 nitrogen and oxygen atoms in total. The van der Waals surface area contributed by atoms with Crippen LogP contribution < -0.4 is 31.3 Å². The number of hydrogen-bond acceptors (Lipinski definition) is 7. The Labute approximate surface area is 260 Å². The van der Waals surface area contributed by atoms with E-state index in [2.05, 4.69) is 31.6 Å². The van der Waals surface area contributed by atoms with Gasteiger partial charge in [0.15, 0.2) is 0 Å². The van der Waals surface area contributed by atoms with Gasteiger partial charge in [-0.3, -0.25) is 29.0 Å². The van der Waals surface area contributed by atoms with Crippen molar-refractivity contribution in [3.63, 3.8) is 0 Å². The molecule has 1 aromatic heterocycles. The lowest BCUT2D eigenvalue weighted by atomic mass is 10.0. The van der Waals surface area contributed by atoms with Gasteiger partial charge in [0.05, 0.1) is 12.1 Å². The Morgan fingerprint density at radius 3 is 2.38 bits per heavy atom. The first kappa shape index (κ1) is 31.2. The number of rotatable bonds is 4. The summed E-state index contributed by atoms with van der Waals surface area (Å²) in [4.78, 5) is 70.4. The topological polar surface area (TPSA) is 168 Å². The minimum absolute atomic E-state index is 0.129. The van der Waals surface area contributed by atoms with Crippen LogP contribution in [0.5, 0.6) is 5.75 Å². The highest BCUT2D eigenvalue weighted by Crippen LogP contribution is 2.35. The van der Waals surface area contributed by atoms with E-state index in [1.165, 1.54) is 19.3 Å². The predicted octanol–water partition coefficient (Wildman–Crippen LogP) is 0.812. The summed E-state index contributed by atoms with van der Waals surface area (Å²) in [7, 11) is 0. The highest BCUT2D eigenvalue weighted by atomic mass is 16.5. The molecule has 0 radical (unpaired) electrons. The maximum Gasteiger partial charge on any atom is 0.253 e. The van der Waals surface area contributed by atoms with E-state index in [0.29, 0.717) is 18.6 Å². The number of nitrogens with zero attached hydrogens (tertiary/aromatic N) is 1. The largest absolute Gasteiger partial charge is 0.492 e. The van der Waals surface area contributed by atoms with Crippen LogP contribution in [-0.2, 0) is 32.0 Å². The predicted molar refractivity (Wildman–Crippen MR) is 164 cm³/mol. The van der Waals surface area contributed by atoms with E-state index in [4.69, 9.17) is 4.74 Å². The third-order valence-corrected chi connectivity index (χ3v) is 7.78. The fourth-order valence-corrected chi connectivity index (χ4v) is 5.00. The second-order valence-corrected chi connectivity index (χ2v) is 11.3. The van der Waals surface area contributed by atoms with Crippen LogP contribution >= 0.6 is 0 Å². The Morgan fingerprint density at radius 2 is 1.69 bits per heavy atom. The van der Waals surface area contributed by atoms with E-state index in [9.17, 15) is 24.0 Å². The molecule has 1 fully saturated rings. The molecular weight excluding hydrogens is 576 g/mol. The third-order valence-electron chi connectivity index (χ3n) is 7.78. The molecule has 3 heterocycles. The normalized spacial score (nSPS) is 22.2. The van der Waals surface area contributed by atoms with Gasteiger partial charge in [-0.25, -0.2) is 0 Å². The lowest BCUT2D eigenvalue weighted by Crippen LogP contribution is -2.59. The van der Waals surface area contributed by atoms with Gasteiger partial charge in [-0.15, -0.1) is 0 Å². The van der Waals surface area contributed by atoms with Gasteiger partial charge >= 0.3 is 0 Å². The molecule has 5 amide bonds. The lowest BCUT2D eigenvalue weighted by molar-refractivity contribution is -0.134. The van der Waals surface area contributed by atoms with Crippen LogP contribution in [0, 0.1) is 0 Å². The molecule has 3 aromatic rings. The van der Waals surface area contributed by atoms with E-state index in [1.807, 2.05) is 30.3 Å². The smallest absolute Gasteiger partial charge is 0.253 e. The zero-order chi connectivity index (χ0) is 31.8. The van der Waals surface area contributed by atoms with Crippen molar-refractivity contribution >= 4 is 29.5 Å². The first-order chi connectivity index (χ1) is 21.7. The first-order valence-electron chi connectivity index (χ1n) is 14.9. The molecule has 0 saturated heterocycles. The summed E-state index contributed by atoms with van der Waals surface area (Å²) >= 11 is 0. The van der Waals surface area contributed by atoms with Crippen LogP contribution in [0.15, 0.2) is 79.1 Å². The number of aromatic nitrogens is 1. The molecule has 5 N–H and O–H groups in total. The number of carbonyl (C=O) groups excluding carboxylic acids is 5. The van der Waals surface area contributed by atoms with Crippen LogP contribution in [0.3, 0.4) is 0 Å². The number of pyridine rings is 1. The molecule has 3 aliphatic rings. The maximum absolute atomic E-state index is 13.5. The van der Waals surface area contributed by atoms with Gasteiger partial charge in [-0.05, 0) is 55.2 Å². The van der Waals surface area contributed by atoms with Crippen molar-refractivity contribution in [1.82, 2.24) is 31.6 Å². The second kappa shape index (κ2) is 14.0. The molecule has 1 aliphatic carbocycles. The molecule has 45 heavy (non-hydrogen) atoms. The molecule has 2 aliphatic heterocycles. The number of fused-ring (bicyclic) bond motifs is 15. The van der Waals surface area contributed by atoms with E-state index in [0.717, 1.165) is 11.1 Å². The molecule has 0 unspecified atom stereocenters. The van der Waals surface area contributed by atoms with E-state index in [1.54, 1.807) is 36.4 Å². The summed E-state index contributed by atoms with van der Waals surface area (Å²) in [5.74, 6) is -1.93. The molecule has 3 atom stereocenters. The van der Waals surface area contributed by atoms with Crippen molar-refractivity contribution in [2.75, 3.05) is 13.2 Å². The first-order valence-corrected chi connectivity index (χ1v) is 14.9. The SMILES string of the molecule is C[C@@H]1NC(=O)[C@@H](NC(=O)c2cccnc2)Cc2ccc(cc2)OCCNC(=O)C2(CC2)NC(=O)[C@@H](Cc2ccccc2)NC1=O. The molecule has 12 heteroatoms. The average molecular weight is 613 g/mol. The Morgan fingerprint density at radius 1 is 0.933 bits per heavy atom. The number of hydrogen-bond donors (Lipinski definition) is 5. The van der Waals surface area contributed by atoms with Gasteiger partial charge < -0.3 is 31.3 Å². The van der Waals surface area contributed by atoms with Crippen molar-refractivity contribution in [3.05, 3.63) is 95.8 Å². The van der Waals surface area contributed by atoms with E-state index in [-0.39, 0.29) is 37.5 Å². The maximum atomic E-state index is 13.5. The van der Waals surface area contributed by atoms with Crippen LogP contribution in [-0.4, -0.2) is 71.3 Å². The van der Waals surface area contributed by atoms with Gasteiger partial charge in [0, 0.05) is 25.2 Å². The molecule has 234 valence electrons. The number of carbonyl (C=O) groups is 5. The summed E-state index contributed by atoms with van der Waals surface area (Å²) in [6.45, 7) is 1.92. The highest BCUT2D eigenvalue weighted by Gasteiger charge is 2.51. The minimum Gasteiger partial charge on any atom is -0.492 e. The van der Waals surface area contributed by atoms with Gasteiger partial charge in [-0.2, -0.15) is 0 Å². The summed E-state index contributed by atoms with van der Waals surface area (Å²) in [5, 5.41) is 13.9. The summed E-state index contributed by atoms with van der Waals surface area (Å²) in [5.41, 5.74) is 0.767. The minimum atomic E-state index is -1.06. The van der Waals surface area contributed by atoms with E-state index >= 15 is 0 Å². The van der Waals surface area contributed by atoms with Crippen LogP contribution in [0.4, 0.5) is 0 Å². The van der Waals surface area contributed by atoms with Gasteiger partial charge in [-0.1, -0.05) is 42.5 Å². The molecule has 2 aromatic carbocycles. The van der Waals surface area contributed by atoms with Gasteiger partial charge in [0.1, 0.15) is 36.0 Å². The Bertz CT molecular complexity index is 1530. The molecule has 6 rings (SSSR count). The number of benzene rings is 2. The van der Waals surface area contributed by atoms with Crippen molar-refractivity contribution in [2.24, 2.45) is 0 Å². The zero-order valence-electron chi connectivity index (χ0n) is 24.9. The van der Waals surface area contributed by atoms with Gasteiger partial charge in [0.2, 0.25) is 23.6 Å². The summed E-state index contributed by atoms with van der Waals surface area (Å²) in [6, 6.07) is 16.3. The Kier molecular flexibility index (Phi) is 9.71. The second-order valence-electron chi connectivity index (χ2n) is 11.3. The molecule has 1 saturated carbocycles. The van der Waals surface area contributed by atoms with Crippen molar-refractivity contribution < 1.29 is 28.7 Å². The molecule has 2 bridgehead atoms. The fourth-order valence-electron chi connectivity index (χ4n) is 5.00. The quantitative estimate of drug-likeness (QED) is 0.272. The monoisotopic (exact) mass is 612 g/mol. The molecular formula is C33H36N6O6. The summed E-state index contributed by atoms with van der Waals surface area (Å²) < 4.78 is 5.77. The average Bonchev–Trinajstić information content (AvgIpc) is 3.84. The number of ether oxygens (including phenoxy) is 1. The van der Waals surface area contributed by atoms with Crippen molar-refractivity contribution in [2.45, 2.75) is 56.3 Å². The summed E-state index contributed by atoms with van der Waals surface area (Å²) in [6.07, 6.45) is 4.17. The third kappa shape index (κ3) is 8.22. The van der Waals surface area contributed by atoms with Crippen LogP contribution in [0.1, 0.15) is 41.3 Å². The van der Waals surface area contributed by atoms with Gasteiger partial charge in [0.25, 0.3) is 5.91 Å². The van der Waals surface area contributed by atoms with Crippen molar-refractivity contribution in [1.29, 1.82) is 0 Å². The number of nitrogens with one attached hydrogen (secondary N) is 5. The molecule has 1 spiro atoms. The Hall–Kier alpha value is -5.26. The standard InChI is InChI=1S/C33H36N6O6/c1-21-28(40)37-27(18-22-6-3-2-4-7-22)31(43)39-33(13-14-33)32(44)35-16-17-45-25-11-9-23(10-12-25)19-26(30(42)36-21)38-29(41)24-8-5-15-34-20-24/h2-12,15,20-21,26-27H,13-14,16-19H2,1H3,(H,35,44)(H,36,42)(H,37,40)(H,38,41)(H,39,43)/t21-,26-,27+/m0/s1. The van der Waals surface area contributed by atoms with Crippen LogP contribution in [0.2, 0.25) is 0 Å². The Balaban J connectivity index is 1.39. The fraction of sp³-hybridized carbons (Fsp3) is 0.333. The van der Waals surface area contributed by atoms with Crippen LogP contribution in [0.25, 0.3) is 0 Å². The number of amides is 5. The van der Waals surface area contributed by atoms with E-state index < -0.39 is 47.3 Å². The zero-order valence-corrected chi connectivity index (χ0v) is 24.9. The van der Waals surface area contributed by atoms with Crippen molar-refractivity contribution in [3.8, 4) is 5.75 Å². The highest BCUT2D eigenvalue weighted by molar-refractivity contribution is 5.99.